The molecule has 0 radical (unpaired) electrons. The Morgan fingerprint density at radius 2 is 2.12 bits per heavy atom. The number of hydrogen-bond donors (Lipinski definition) is 2. The van der Waals surface area contributed by atoms with Crippen molar-refractivity contribution in [2.45, 2.75) is 52.1 Å². The van der Waals surface area contributed by atoms with Gasteiger partial charge in [-0.2, -0.15) is 0 Å². The normalized spacial score (nSPS) is 17.2. The summed E-state index contributed by atoms with van der Waals surface area (Å²) in [5.74, 6) is 1.74. The predicted molar refractivity (Wildman–Crippen MR) is 94.0 cm³/mol. The van der Waals surface area contributed by atoms with Crippen LogP contribution in [0.1, 0.15) is 32.5 Å². The van der Waals surface area contributed by atoms with Crippen LogP contribution in [0.2, 0.25) is 0 Å². The zero-order chi connectivity index (χ0) is 18.1. The molecule has 0 amide bonds. The van der Waals surface area contributed by atoms with Crippen LogP contribution in [0.25, 0.3) is 0 Å². The van der Waals surface area contributed by atoms with Crippen molar-refractivity contribution < 1.29 is 8.78 Å². The van der Waals surface area contributed by atoms with Gasteiger partial charge in [0.2, 0.25) is 0 Å². The maximum atomic E-state index is 12.4. The molecular formula is C16H29F2N7. The second-order valence-corrected chi connectivity index (χ2v) is 6.17. The van der Waals surface area contributed by atoms with Crippen LogP contribution in [0.15, 0.2) is 11.3 Å². The van der Waals surface area contributed by atoms with Crippen LogP contribution < -0.4 is 10.6 Å². The number of hydrogen-bond acceptors (Lipinski definition) is 4. The van der Waals surface area contributed by atoms with Crippen molar-refractivity contribution in [3.63, 3.8) is 0 Å². The lowest BCUT2D eigenvalue weighted by Crippen LogP contribution is -2.49. The smallest absolute Gasteiger partial charge is 0.251 e. The molecule has 25 heavy (non-hydrogen) atoms. The number of nitrogens with one attached hydrogen (secondary N) is 2. The van der Waals surface area contributed by atoms with Crippen LogP contribution >= 0.6 is 0 Å². The van der Waals surface area contributed by atoms with E-state index in [0.29, 0.717) is 19.6 Å². The Morgan fingerprint density at radius 1 is 1.36 bits per heavy atom. The van der Waals surface area contributed by atoms with Gasteiger partial charge in [-0.3, -0.25) is 9.89 Å². The maximum absolute atomic E-state index is 12.4. The monoisotopic (exact) mass is 357 g/mol. The standard InChI is InChI=1S/C16H29F2N7/c1-3-15-23-21-12-25(15)10-7-20-16(19-4-2)22-13-5-8-24(9-6-13)11-14(17)18/h12-14H,3-11H2,1-2H3,(H2,19,20,22). The molecule has 2 heterocycles. The SMILES string of the molecule is CCNC(=NCCn1cnnc1CC)NC1CCN(CC(F)F)CC1. The third-order valence-corrected chi connectivity index (χ3v) is 4.29. The Balaban J connectivity index is 1.80. The molecular weight excluding hydrogens is 328 g/mol. The van der Waals surface area contributed by atoms with Crippen LogP contribution in [0, 0.1) is 0 Å². The molecule has 0 spiro atoms. The first-order valence-corrected chi connectivity index (χ1v) is 9.04. The number of aromatic nitrogens is 3. The van der Waals surface area contributed by atoms with E-state index in [9.17, 15) is 8.78 Å². The van der Waals surface area contributed by atoms with Crippen molar-refractivity contribution in [3.8, 4) is 0 Å². The number of likely N-dealkylation sites (tertiary alicyclic amines) is 1. The summed E-state index contributed by atoms with van der Waals surface area (Å²) in [6.45, 7) is 7.49. The van der Waals surface area contributed by atoms with Gasteiger partial charge in [-0.1, -0.05) is 6.92 Å². The van der Waals surface area contributed by atoms with Gasteiger partial charge in [0.25, 0.3) is 6.43 Å². The van der Waals surface area contributed by atoms with Crippen molar-refractivity contribution in [2.24, 2.45) is 4.99 Å². The minimum atomic E-state index is -2.26. The summed E-state index contributed by atoms with van der Waals surface area (Å²) >= 11 is 0. The molecule has 0 unspecified atom stereocenters. The molecule has 0 saturated carbocycles. The highest BCUT2D eigenvalue weighted by Gasteiger charge is 2.21. The number of halogens is 2. The van der Waals surface area contributed by atoms with E-state index in [4.69, 9.17) is 0 Å². The summed E-state index contributed by atoms with van der Waals surface area (Å²) in [6, 6.07) is 0.271. The van der Waals surface area contributed by atoms with E-state index < -0.39 is 6.43 Å². The van der Waals surface area contributed by atoms with Crippen molar-refractivity contribution in [2.75, 3.05) is 32.7 Å². The van der Waals surface area contributed by atoms with Gasteiger partial charge in [-0.25, -0.2) is 8.78 Å². The largest absolute Gasteiger partial charge is 0.357 e. The van der Waals surface area contributed by atoms with E-state index in [1.165, 1.54) is 0 Å². The lowest BCUT2D eigenvalue weighted by atomic mass is 10.1. The Labute approximate surface area is 147 Å². The number of rotatable bonds is 8. The van der Waals surface area contributed by atoms with Gasteiger partial charge in [0.1, 0.15) is 12.2 Å². The molecule has 0 atom stereocenters. The lowest BCUT2D eigenvalue weighted by Gasteiger charge is -2.32. The summed E-state index contributed by atoms with van der Waals surface area (Å²) < 4.78 is 26.9. The Hall–Kier alpha value is -1.77. The molecule has 0 bridgehead atoms. The van der Waals surface area contributed by atoms with E-state index in [1.807, 2.05) is 16.4 Å². The first kappa shape index (κ1) is 19.6. The van der Waals surface area contributed by atoms with Crippen LogP contribution in [-0.4, -0.2) is 70.8 Å². The number of nitrogens with zero attached hydrogens (tertiary/aromatic N) is 5. The number of guanidine groups is 1. The van der Waals surface area contributed by atoms with Gasteiger partial charge in [0.05, 0.1) is 13.1 Å². The minimum absolute atomic E-state index is 0.125. The number of aryl methyl sites for hydroxylation is 1. The van der Waals surface area contributed by atoms with Gasteiger partial charge >= 0.3 is 0 Å². The highest BCUT2D eigenvalue weighted by Crippen LogP contribution is 2.11. The first-order chi connectivity index (χ1) is 12.1. The number of aliphatic imine (C=N–C) groups is 1. The minimum Gasteiger partial charge on any atom is -0.357 e. The summed E-state index contributed by atoms with van der Waals surface area (Å²) in [7, 11) is 0. The summed E-state index contributed by atoms with van der Waals surface area (Å²) in [6.07, 6.45) is 2.02. The highest BCUT2D eigenvalue weighted by molar-refractivity contribution is 5.80. The molecule has 1 saturated heterocycles. The van der Waals surface area contributed by atoms with Crippen LogP contribution in [-0.2, 0) is 13.0 Å². The molecule has 1 aliphatic rings. The van der Waals surface area contributed by atoms with E-state index in [1.54, 1.807) is 6.33 Å². The van der Waals surface area contributed by atoms with Crippen LogP contribution in [0.4, 0.5) is 8.78 Å². The Bertz CT molecular complexity index is 524. The van der Waals surface area contributed by atoms with Gasteiger partial charge < -0.3 is 15.2 Å². The summed E-state index contributed by atoms with van der Waals surface area (Å²) in [5.41, 5.74) is 0. The van der Waals surface area contributed by atoms with Crippen molar-refractivity contribution in [1.82, 2.24) is 30.3 Å². The third kappa shape index (κ3) is 6.56. The molecule has 1 aromatic rings. The summed E-state index contributed by atoms with van der Waals surface area (Å²) in [5, 5.41) is 14.7. The highest BCUT2D eigenvalue weighted by atomic mass is 19.3. The first-order valence-electron chi connectivity index (χ1n) is 9.04. The second kappa shape index (κ2) is 10.3. The quantitative estimate of drug-likeness (QED) is 0.539. The molecule has 7 nitrogen and oxygen atoms in total. The molecule has 142 valence electrons. The average Bonchev–Trinajstić information content (AvgIpc) is 3.04. The van der Waals surface area contributed by atoms with E-state index >= 15 is 0 Å². The lowest BCUT2D eigenvalue weighted by molar-refractivity contribution is 0.0744. The van der Waals surface area contributed by atoms with E-state index in [2.05, 4.69) is 32.7 Å². The zero-order valence-corrected chi connectivity index (χ0v) is 15.1. The third-order valence-electron chi connectivity index (χ3n) is 4.29. The van der Waals surface area contributed by atoms with Crippen molar-refractivity contribution >= 4 is 5.96 Å². The van der Waals surface area contributed by atoms with Gasteiger partial charge in [-0.15, -0.1) is 10.2 Å². The number of piperidine rings is 1. The fourth-order valence-corrected chi connectivity index (χ4v) is 2.98. The van der Waals surface area contributed by atoms with Gasteiger partial charge in [0, 0.05) is 38.6 Å². The zero-order valence-electron chi connectivity index (χ0n) is 15.1. The maximum Gasteiger partial charge on any atom is 0.251 e. The molecule has 1 fully saturated rings. The van der Waals surface area contributed by atoms with Gasteiger partial charge in [0.15, 0.2) is 5.96 Å². The molecule has 1 aromatic heterocycles. The van der Waals surface area contributed by atoms with E-state index in [0.717, 1.165) is 44.1 Å². The Kier molecular flexibility index (Phi) is 8.03. The molecule has 2 N–H and O–H groups in total. The topological polar surface area (TPSA) is 70.4 Å². The fraction of sp³-hybridized carbons (Fsp3) is 0.812. The molecule has 0 aliphatic carbocycles. The molecule has 2 rings (SSSR count). The van der Waals surface area contributed by atoms with Crippen LogP contribution in [0.5, 0.6) is 0 Å². The van der Waals surface area contributed by atoms with E-state index in [-0.39, 0.29) is 12.6 Å². The fourth-order valence-electron chi connectivity index (χ4n) is 2.98. The van der Waals surface area contributed by atoms with Crippen molar-refractivity contribution in [3.05, 3.63) is 12.2 Å². The van der Waals surface area contributed by atoms with Crippen molar-refractivity contribution in [1.29, 1.82) is 0 Å². The molecule has 1 aliphatic heterocycles. The average molecular weight is 357 g/mol. The molecule has 9 heteroatoms. The Morgan fingerprint density at radius 3 is 2.76 bits per heavy atom. The second-order valence-electron chi connectivity index (χ2n) is 6.17. The molecule has 0 aromatic carbocycles. The summed E-state index contributed by atoms with van der Waals surface area (Å²) in [4.78, 5) is 6.43. The number of alkyl halides is 2. The van der Waals surface area contributed by atoms with Crippen LogP contribution in [0.3, 0.4) is 0 Å². The van der Waals surface area contributed by atoms with Gasteiger partial charge in [-0.05, 0) is 19.8 Å². The predicted octanol–water partition coefficient (Wildman–Crippen LogP) is 1.13.